The smallest absolute Gasteiger partial charge is 0.271 e. The van der Waals surface area contributed by atoms with Crippen LogP contribution in [0.25, 0.3) is 0 Å². The Bertz CT molecular complexity index is 429. The molecule has 1 amide bonds. The van der Waals surface area contributed by atoms with Crippen molar-refractivity contribution in [2.45, 2.75) is 12.0 Å². The van der Waals surface area contributed by atoms with Crippen LogP contribution in [-0.4, -0.2) is 55.6 Å². The van der Waals surface area contributed by atoms with E-state index in [1.165, 1.54) is 0 Å². The number of anilines is 1. The number of nitrogens with one attached hydrogen (secondary N) is 2. The number of amides is 1. The summed E-state index contributed by atoms with van der Waals surface area (Å²) in [6.07, 6.45) is 0.847. The monoisotopic (exact) mass is 266 g/mol. The van der Waals surface area contributed by atoms with Crippen molar-refractivity contribution in [2.24, 2.45) is 0 Å². The topological polar surface area (TPSA) is 85.4 Å². The number of hydrogen-bond acceptors (Lipinski definition) is 6. The Morgan fingerprint density at radius 1 is 1.53 bits per heavy atom. The van der Waals surface area contributed by atoms with Gasteiger partial charge in [0.05, 0.1) is 6.61 Å². The Labute approximate surface area is 111 Å². The van der Waals surface area contributed by atoms with Crippen LogP contribution < -0.4 is 10.6 Å². The molecule has 1 unspecified atom stereocenters. The van der Waals surface area contributed by atoms with Crippen LogP contribution in [0.5, 0.6) is 0 Å². The summed E-state index contributed by atoms with van der Waals surface area (Å²) >= 11 is 0. The van der Waals surface area contributed by atoms with Crippen molar-refractivity contribution in [2.75, 3.05) is 39.2 Å². The zero-order chi connectivity index (χ0) is 13.7. The summed E-state index contributed by atoms with van der Waals surface area (Å²) < 4.78 is 10.9. The molecule has 1 aliphatic rings. The molecule has 0 spiro atoms. The highest BCUT2D eigenvalue weighted by Crippen LogP contribution is 2.22. The Balaban J connectivity index is 1.94. The maximum atomic E-state index is 11.3. The van der Waals surface area contributed by atoms with Crippen LogP contribution in [0.2, 0.25) is 0 Å². The first kappa shape index (κ1) is 13.7. The van der Waals surface area contributed by atoms with Crippen molar-refractivity contribution in [1.29, 1.82) is 0 Å². The number of rotatable bonds is 5. The van der Waals surface area contributed by atoms with E-state index in [9.17, 15) is 4.79 Å². The predicted octanol–water partition coefficient (Wildman–Crippen LogP) is 0.0536. The first-order chi connectivity index (χ1) is 9.19. The van der Waals surface area contributed by atoms with Gasteiger partial charge in [-0.3, -0.25) is 4.79 Å². The fourth-order valence-corrected chi connectivity index (χ4v) is 1.89. The molecule has 1 aliphatic heterocycles. The molecule has 1 aromatic heterocycles. The highest BCUT2D eigenvalue weighted by Gasteiger charge is 2.34. The van der Waals surface area contributed by atoms with E-state index in [0.29, 0.717) is 31.3 Å². The van der Waals surface area contributed by atoms with Gasteiger partial charge in [0.15, 0.2) is 5.69 Å². The summed E-state index contributed by atoms with van der Waals surface area (Å²) in [6, 6.07) is 3.34. The number of carbonyl (C=O) groups is 1. The fourth-order valence-electron chi connectivity index (χ4n) is 1.89. The van der Waals surface area contributed by atoms with E-state index in [1.54, 1.807) is 26.3 Å². The lowest BCUT2D eigenvalue weighted by atomic mass is 10.0. The molecular weight excluding hydrogens is 248 g/mol. The van der Waals surface area contributed by atoms with E-state index in [1.807, 2.05) is 0 Å². The Morgan fingerprint density at radius 2 is 2.37 bits per heavy atom. The van der Waals surface area contributed by atoms with Gasteiger partial charge in [0, 0.05) is 33.7 Å². The molecule has 1 fully saturated rings. The third-order valence-electron chi connectivity index (χ3n) is 3.22. The quantitative estimate of drug-likeness (QED) is 0.783. The van der Waals surface area contributed by atoms with E-state index in [4.69, 9.17) is 9.47 Å². The van der Waals surface area contributed by atoms with Crippen LogP contribution in [0.4, 0.5) is 5.82 Å². The second-order valence-electron chi connectivity index (χ2n) is 4.43. The summed E-state index contributed by atoms with van der Waals surface area (Å²) in [6.45, 7) is 1.87. The first-order valence-corrected chi connectivity index (χ1v) is 6.12. The van der Waals surface area contributed by atoms with Gasteiger partial charge in [0.1, 0.15) is 11.4 Å². The molecule has 104 valence electrons. The van der Waals surface area contributed by atoms with Gasteiger partial charge in [-0.25, -0.2) is 0 Å². The maximum Gasteiger partial charge on any atom is 0.271 e. The Hall–Kier alpha value is -1.73. The largest absolute Gasteiger partial charge is 0.378 e. The standard InChI is InChI=1S/C12H18N4O3/c1-13-11(17)9-3-4-10(16-15-9)14-7-12(18-2)5-6-19-8-12/h3-4H,5-8H2,1-2H3,(H,13,17)(H,14,16). The van der Waals surface area contributed by atoms with Gasteiger partial charge < -0.3 is 20.1 Å². The molecule has 0 aromatic carbocycles. The molecule has 2 rings (SSSR count). The van der Waals surface area contributed by atoms with Gasteiger partial charge in [-0.2, -0.15) is 0 Å². The minimum atomic E-state index is -0.304. The Kier molecular flexibility index (Phi) is 4.28. The molecule has 0 saturated carbocycles. The minimum absolute atomic E-state index is 0.253. The van der Waals surface area contributed by atoms with Gasteiger partial charge in [0.2, 0.25) is 0 Å². The molecular formula is C12H18N4O3. The number of nitrogens with zero attached hydrogens (tertiary/aromatic N) is 2. The third kappa shape index (κ3) is 3.18. The molecule has 1 saturated heterocycles. The van der Waals surface area contributed by atoms with Gasteiger partial charge in [0.25, 0.3) is 5.91 Å². The number of methoxy groups -OCH3 is 1. The van der Waals surface area contributed by atoms with Crippen LogP contribution in [0.1, 0.15) is 16.9 Å². The predicted molar refractivity (Wildman–Crippen MR) is 69.1 cm³/mol. The summed E-state index contributed by atoms with van der Waals surface area (Å²) in [4.78, 5) is 11.3. The normalized spacial score (nSPS) is 22.2. The molecule has 1 atom stereocenters. The third-order valence-corrected chi connectivity index (χ3v) is 3.22. The molecule has 19 heavy (non-hydrogen) atoms. The minimum Gasteiger partial charge on any atom is -0.378 e. The summed E-state index contributed by atoms with van der Waals surface area (Å²) in [5, 5.41) is 13.4. The summed E-state index contributed by atoms with van der Waals surface area (Å²) in [5.74, 6) is 0.354. The Morgan fingerprint density at radius 3 is 2.89 bits per heavy atom. The van der Waals surface area contributed by atoms with E-state index in [0.717, 1.165) is 6.42 Å². The second-order valence-corrected chi connectivity index (χ2v) is 4.43. The highest BCUT2D eigenvalue weighted by molar-refractivity contribution is 5.91. The lowest BCUT2D eigenvalue weighted by molar-refractivity contribution is -0.00626. The molecule has 0 aliphatic carbocycles. The van der Waals surface area contributed by atoms with E-state index >= 15 is 0 Å². The van der Waals surface area contributed by atoms with Crippen molar-refractivity contribution in [1.82, 2.24) is 15.5 Å². The average molecular weight is 266 g/mol. The lowest BCUT2D eigenvalue weighted by Crippen LogP contribution is -2.39. The van der Waals surface area contributed by atoms with E-state index in [2.05, 4.69) is 20.8 Å². The number of hydrogen-bond donors (Lipinski definition) is 2. The summed E-state index contributed by atoms with van der Waals surface area (Å²) in [5.41, 5.74) is -0.0140. The van der Waals surface area contributed by atoms with Crippen LogP contribution in [-0.2, 0) is 9.47 Å². The van der Waals surface area contributed by atoms with Crippen LogP contribution >= 0.6 is 0 Å². The average Bonchev–Trinajstić information content (AvgIpc) is 2.94. The van der Waals surface area contributed by atoms with Gasteiger partial charge in [-0.05, 0) is 12.1 Å². The molecule has 7 nitrogen and oxygen atoms in total. The molecule has 1 aromatic rings. The highest BCUT2D eigenvalue weighted by atomic mass is 16.5. The van der Waals surface area contributed by atoms with Crippen molar-refractivity contribution in [3.63, 3.8) is 0 Å². The van der Waals surface area contributed by atoms with Crippen molar-refractivity contribution in [3.05, 3.63) is 17.8 Å². The molecule has 0 radical (unpaired) electrons. The number of carbonyl (C=O) groups excluding carboxylic acids is 1. The molecule has 2 heterocycles. The molecule has 2 N–H and O–H groups in total. The van der Waals surface area contributed by atoms with E-state index < -0.39 is 0 Å². The lowest BCUT2D eigenvalue weighted by Gasteiger charge is -2.25. The van der Waals surface area contributed by atoms with Crippen molar-refractivity contribution < 1.29 is 14.3 Å². The van der Waals surface area contributed by atoms with Crippen LogP contribution in [0.15, 0.2) is 12.1 Å². The first-order valence-electron chi connectivity index (χ1n) is 6.12. The SMILES string of the molecule is CNC(=O)c1ccc(NCC2(OC)CCOC2)nn1. The second kappa shape index (κ2) is 5.94. The zero-order valence-corrected chi connectivity index (χ0v) is 11.1. The number of aromatic nitrogens is 2. The van der Waals surface area contributed by atoms with Gasteiger partial charge >= 0.3 is 0 Å². The molecule has 0 bridgehead atoms. The van der Waals surface area contributed by atoms with Crippen molar-refractivity contribution >= 4 is 11.7 Å². The fraction of sp³-hybridized carbons (Fsp3) is 0.583. The van der Waals surface area contributed by atoms with Gasteiger partial charge in [-0.1, -0.05) is 0 Å². The van der Waals surface area contributed by atoms with Crippen molar-refractivity contribution in [3.8, 4) is 0 Å². The van der Waals surface area contributed by atoms with Crippen LogP contribution in [0.3, 0.4) is 0 Å². The van der Waals surface area contributed by atoms with E-state index in [-0.39, 0.29) is 11.5 Å². The number of ether oxygens (including phenoxy) is 2. The van der Waals surface area contributed by atoms with Gasteiger partial charge in [-0.15, -0.1) is 10.2 Å². The van der Waals surface area contributed by atoms with Crippen LogP contribution in [0, 0.1) is 0 Å². The zero-order valence-electron chi connectivity index (χ0n) is 11.1. The molecule has 7 heteroatoms. The maximum absolute atomic E-state index is 11.3. The summed E-state index contributed by atoms with van der Waals surface area (Å²) in [7, 11) is 3.23.